The summed E-state index contributed by atoms with van der Waals surface area (Å²) in [4.78, 5) is 36.4. The number of aliphatic hydroxyl groups excluding tert-OH is 5. The van der Waals surface area contributed by atoms with Crippen molar-refractivity contribution in [3.05, 3.63) is 23.3 Å². The van der Waals surface area contributed by atoms with E-state index in [1.165, 1.54) is 11.1 Å². The van der Waals surface area contributed by atoms with E-state index in [0.29, 0.717) is 25.7 Å². The number of carboxylic acids is 3. The van der Waals surface area contributed by atoms with Gasteiger partial charge in [0.2, 0.25) is 0 Å². The van der Waals surface area contributed by atoms with Gasteiger partial charge >= 0.3 is 17.9 Å². The largest absolute Gasteiger partial charge is 0.481 e. The van der Waals surface area contributed by atoms with E-state index < -0.39 is 96.3 Å². The molecule has 0 spiro atoms. The minimum atomic E-state index is -2.01. The lowest BCUT2D eigenvalue weighted by atomic mass is 9.36. The Morgan fingerprint density at radius 2 is 1.25 bits per heavy atom. The molecule has 7 aliphatic rings. The molecule has 5 aliphatic carbocycles. The molecule has 4 saturated carbocycles. The van der Waals surface area contributed by atoms with Crippen molar-refractivity contribution in [2.75, 3.05) is 0 Å². The molecule has 57 heavy (non-hydrogen) atoms. The molecule has 320 valence electrons. The van der Waals surface area contributed by atoms with E-state index in [1.807, 2.05) is 6.92 Å². The van der Waals surface area contributed by atoms with E-state index in [4.69, 9.17) is 18.9 Å². The number of allylic oxidation sites excluding steroid dienone is 4. The Hall–Kier alpha value is -2.47. The number of hydrogen-bond acceptors (Lipinski definition) is 12. The molecule has 0 bridgehead atoms. The van der Waals surface area contributed by atoms with Crippen LogP contribution in [0.5, 0.6) is 0 Å². The molecule has 15 nitrogen and oxygen atoms in total. The number of aliphatic hydroxyl groups is 5. The van der Waals surface area contributed by atoms with Crippen LogP contribution in [0.1, 0.15) is 106 Å². The first-order valence-corrected chi connectivity index (χ1v) is 20.5. The summed E-state index contributed by atoms with van der Waals surface area (Å²) in [5.74, 6) is -3.70. The van der Waals surface area contributed by atoms with Gasteiger partial charge in [-0.1, -0.05) is 64.8 Å². The van der Waals surface area contributed by atoms with Gasteiger partial charge in [0, 0.05) is 0 Å². The molecule has 2 saturated heterocycles. The van der Waals surface area contributed by atoms with Crippen LogP contribution in [0.2, 0.25) is 0 Å². The zero-order valence-electron chi connectivity index (χ0n) is 34.0. The smallest absolute Gasteiger partial charge is 0.335 e. The van der Waals surface area contributed by atoms with E-state index >= 15 is 0 Å². The van der Waals surface area contributed by atoms with Crippen molar-refractivity contribution >= 4 is 17.9 Å². The Morgan fingerprint density at radius 1 is 0.649 bits per heavy atom. The Morgan fingerprint density at radius 3 is 1.86 bits per heavy atom. The van der Waals surface area contributed by atoms with Gasteiger partial charge in [0.1, 0.15) is 36.6 Å². The molecule has 15 heteroatoms. The van der Waals surface area contributed by atoms with Gasteiger partial charge in [-0.05, 0) is 104 Å². The zero-order valence-corrected chi connectivity index (χ0v) is 34.0. The van der Waals surface area contributed by atoms with Crippen molar-refractivity contribution in [1.82, 2.24) is 0 Å². The normalized spacial score (nSPS) is 51.8. The maximum Gasteiger partial charge on any atom is 0.335 e. The number of aliphatic carboxylic acids is 3. The third kappa shape index (κ3) is 6.27. The molecule has 8 N–H and O–H groups in total. The molecule has 0 aromatic heterocycles. The Kier molecular flexibility index (Phi) is 10.5. The first-order chi connectivity index (χ1) is 26.4. The second kappa shape index (κ2) is 14.1. The van der Waals surface area contributed by atoms with Crippen LogP contribution in [-0.4, -0.2) is 126 Å². The molecule has 0 amide bonds. The molecule has 7 rings (SSSR count). The third-order valence-corrected chi connectivity index (χ3v) is 16.9. The highest BCUT2D eigenvalue weighted by Gasteiger charge is 2.67. The van der Waals surface area contributed by atoms with Crippen LogP contribution in [0.4, 0.5) is 0 Å². The number of ether oxygens (including phenoxy) is 4. The number of hydrogen-bond donors (Lipinski definition) is 8. The van der Waals surface area contributed by atoms with Gasteiger partial charge in [0.15, 0.2) is 24.8 Å². The van der Waals surface area contributed by atoms with E-state index in [1.54, 1.807) is 0 Å². The van der Waals surface area contributed by atoms with Crippen molar-refractivity contribution in [1.29, 1.82) is 0 Å². The quantitative estimate of drug-likeness (QED) is 0.172. The van der Waals surface area contributed by atoms with E-state index in [-0.39, 0.29) is 33.5 Å². The summed E-state index contributed by atoms with van der Waals surface area (Å²) in [5, 5.41) is 83.0. The summed E-state index contributed by atoms with van der Waals surface area (Å²) >= 11 is 0. The van der Waals surface area contributed by atoms with Gasteiger partial charge in [-0.15, -0.1) is 0 Å². The number of carbonyl (C=O) groups is 3. The number of carboxylic acid groups (broad SMARTS) is 3. The van der Waals surface area contributed by atoms with Gasteiger partial charge in [-0.3, -0.25) is 4.79 Å². The van der Waals surface area contributed by atoms with Gasteiger partial charge in [-0.25, -0.2) is 9.59 Å². The number of fused-ring (bicyclic) bond motifs is 7. The standard InChI is InChI=1S/C42H62O15/c1-37(2)21-10-13-42(7)22(9-8-19-20-18-39(4,36(52)53)15-14-38(20,3)16-17-41(19,42)6)40(21,5)12-11-23(37)54-35-31(27(46)26(45)30(56-35)33(50)51)57-34-28(47)24(43)25(44)29(55-34)32(48)49/h8-9,20-21,23-31,34-35,43-47H,10-18H2,1-7H3,(H,48,49)(H,50,51)(H,52,53)/t20-,21+,23+,24+,25+,26+,27+,28-,29+,30+,31-,34+,35-,38-,39+,40+,41-,42-/m1/s1. The fourth-order valence-corrected chi connectivity index (χ4v) is 12.8. The highest BCUT2D eigenvalue weighted by atomic mass is 16.8. The van der Waals surface area contributed by atoms with Gasteiger partial charge in [0.05, 0.1) is 11.5 Å². The minimum absolute atomic E-state index is 0.0484. The minimum Gasteiger partial charge on any atom is -0.481 e. The Labute approximate surface area is 333 Å². The highest BCUT2D eigenvalue weighted by Crippen LogP contribution is 2.74. The molecule has 2 aliphatic heterocycles. The molecule has 2 heterocycles. The van der Waals surface area contributed by atoms with E-state index in [0.717, 1.165) is 32.1 Å². The van der Waals surface area contributed by atoms with Crippen LogP contribution in [0, 0.1) is 44.3 Å². The van der Waals surface area contributed by atoms with Crippen molar-refractivity contribution in [2.24, 2.45) is 44.3 Å². The van der Waals surface area contributed by atoms with Crippen LogP contribution in [0.3, 0.4) is 0 Å². The first kappa shape index (κ1) is 42.6. The second-order valence-corrected chi connectivity index (χ2v) is 20.2. The van der Waals surface area contributed by atoms with E-state index in [2.05, 4.69) is 53.7 Å². The lowest BCUT2D eigenvalue weighted by Gasteiger charge is -2.68. The topological polar surface area (TPSA) is 250 Å². The first-order valence-electron chi connectivity index (χ1n) is 20.5. The van der Waals surface area contributed by atoms with E-state index in [9.17, 15) is 55.2 Å². The van der Waals surface area contributed by atoms with Crippen molar-refractivity contribution in [2.45, 2.75) is 174 Å². The summed E-state index contributed by atoms with van der Waals surface area (Å²) in [5.41, 5.74) is 0.856. The summed E-state index contributed by atoms with van der Waals surface area (Å²) in [6, 6.07) is 0. The second-order valence-electron chi connectivity index (χ2n) is 20.2. The monoisotopic (exact) mass is 806 g/mol. The molecule has 0 aromatic carbocycles. The average molecular weight is 807 g/mol. The Bertz CT molecular complexity index is 1710. The lowest BCUT2D eigenvalue weighted by molar-refractivity contribution is -0.370. The fourth-order valence-electron chi connectivity index (χ4n) is 12.8. The molecular weight excluding hydrogens is 744 g/mol. The lowest BCUT2D eigenvalue weighted by Crippen LogP contribution is -2.66. The SMILES string of the molecule is CC1(C)[C@@H](O[C@@H]2O[C@H](C(=O)O)[C@@H](O)[C@H](O)[C@H]2O[C@@H]2O[C@H](C(=O)O)[C@@H](O)[C@H](O)[C@H]2O)CC[C@]2(C)C3=CC=C4[C@H]5C[C@@](C)(C(=O)O)CC[C@]5(C)CC[C@@]4(C)[C@]3(C)CC[C@@H]12. The van der Waals surface area contributed by atoms with Crippen LogP contribution in [0.15, 0.2) is 23.3 Å². The molecule has 0 unspecified atom stereocenters. The van der Waals surface area contributed by atoms with Crippen molar-refractivity contribution in [3.8, 4) is 0 Å². The Balaban J connectivity index is 1.17. The van der Waals surface area contributed by atoms with Crippen LogP contribution in [-0.2, 0) is 33.3 Å². The zero-order chi connectivity index (χ0) is 42.0. The summed E-state index contributed by atoms with van der Waals surface area (Å²) in [7, 11) is 0. The average Bonchev–Trinajstić information content (AvgIpc) is 3.12. The summed E-state index contributed by atoms with van der Waals surface area (Å²) in [6.45, 7) is 15.5. The summed E-state index contributed by atoms with van der Waals surface area (Å²) < 4.78 is 23.5. The van der Waals surface area contributed by atoms with Gasteiger partial charge < -0.3 is 59.8 Å². The molecule has 6 fully saturated rings. The molecule has 18 atom stereocenters. The van der Waals surface area contributed by atoms with Crippen LogP contribution in [0.25, 0.3) is 0 Å². The maximum absolute atomic E-state index is 12.5. The third-order valence-electron chi connectivity index (χ3n) is 16.9. The van der Waals surface area contributed by atoms with Crippen LogP contribution >= 0.6 is 0 Å². The summed E-state index contributed by atoms with van der Waals surface area (Å²) in [6.07, 6.45) is -7.97. The fraction of sp³-hybridized carbons (Fsp3) is 0.833. The molecular formula is C42H62O15. The molecule has 0 aromatic rings. The maximum atomic E-state index is 12.5. The predicted octanol–water partition coefficient (Wildman–Crippen LogP) is 2.99. The number of rotatable bonds is 7. The van der Waals surface area contributed by atoms with Crippen molar-refractivity contribution < 1.29 is 74.2 Å². The van der Waals surface area contributed by atoms with Crippen LogP contribution < -0.4 is 0 Å². The predicted molar refractivity (Wildman–Crippen MR) is 199 cm³/mol. The molecule has 0 radical (unpaired) electrons. The van der Waals surface area contributed by atoms with Gasteiger partial charge in [-0.2, -0.15) is 0 Å². The highest BCUT2D eigenvalue weighted by molar-refractivity contribution is 5.75. The van der Waals surface area contributed by atoms with Gasteiger partial charge in [0.25, 0.3) is 0 Å². The van der Waals surface area contributed by atoms with Crippen molar-refractivity contribution in [3.63, 3.8) is 0 Å².